The smallest absolute Gasteiger partial charge is 0.410 e. The summed E-state index contributed by atoms with van der Waals surface area (Å²) in [6.45, 7) is -0.285. The van der Waals surface area contributed by atoms with Crippen molar-refractivity contribution in [2.24, 2.45) is 0 Å². The lowest BCUT2D eigenvalue weighted by atomic mass is 9.98. The second kappa shape index (κ2) is 9.20. The number of fused-ring (bicyclic) bond motifs is 4. The molecule has 10 heteroatoms. The second-order valence-corrected chi connectivity index (χ2v) is 9.17. The van der Waals surface area contributed by atoms with E-state index >= 15 is 0 Å². The van der Waals surface area contributed by atoms with Crippen LogP contribution >= 0.6 is 0 Å². The molecule has 1 saturated heterocycles. The average molecular weight is 503 g/mol. The summed E-state index contributed by atoms with van der Waals surface area (Å²) >= 11 is 0. The summed E-state index contributed by atoms with van der Waals surface area (Å²) in [7, 11) is 0. The van der Waals surface area contributed by atoms with Crippen molar-refractivity contribution in [2.45, 2.75) is 24.6 Å². The van der Waals surface area contributed by atoms with Gasteiger partial charge in [-0.25, -0.2) is 14.2 Å². The largest absolute Gasteiger partial charge is 0.480 e. The number of hydrogen-bond donors (Lipinski definition) is 2. The van der Waals surface area contributed by atoms with Gasteiger partial charge in [0.1, 0.15) is 24.6 Å². The Kier molecular flexibility index (Phi) is 5.71. The van der Waals surface area contributed by atoms with Gasteiger partial charge in [0, 0.05) is 12.3 Å². The number of rotatable bonds is 4. The fourth-order valence-corrected chi connectivity index (χ4v) is 5.15. The molecule has 0 unspecified atom stereocenters. The maximum absolute atomic E-state index is 14.4. The van der Waals surface area contributed by atoms with Crippen LogP contribution < -0.4 is 15.4 Å². The zero-order chi connectivity index (χ0) is 25.5. The van der Waals surface area contributed by atoms with Crippen LogP contribution in [0.2, 0.25) is 0 Å². The normalized spacial score (nSPS) is 19.8. The van der Waals surface area contributed by atoms with E-state index in [4.69, 9.17) is 9.47 Å². The summed E-state index contributed by atoms with van der Waals surface area (Å²) in [5.74, 6) is -0.404. The predicted molar refractivity (Wildman–Crippen MR) is 132 cm³/mol. The molecule has 0 bridgehead atoms. The number of pyridine rings is 1. The van der Waals surface area contributed by atoms with E-state index in [1.54, 1.807) is 6.07 Å². The van der Waals surface area contributed by atoms with E-state index in [9.17, 15) is 18.8 Å². The first-order chi connectivity index (χ1) is 18.0. The third kappa shape index (κ3) is 4.24. The molecule has 3 heterocycles. The van der Waals surface area contributed by atoms with Crippen molar-refractivity contribution in [3.63, 3.8) is 0 Å². The number of likely N-dealkylation sites (tertiary alicyclic amines) is 1. The molecular formula is C27H23FN4O5. The van der Waals surface area contributed by atoms with Crippen molar-refractivity contribution in [1.82, 2.24) is 9.88 Å². The minimum Gasteiger partial charge on any atom is -0.480 e. The summed E-state index contributed by atoms with van der Waals surface area (Å²) in [6.07, 6.45) is -2.26. The molecule has 2 N–H and O–H groups in total. The fourth-order valence-electron chi connectivity index (χ4n) is 5.15. The number of alkyl halides is 1. The number of nitrogens with zero attached hydrogens (tertiary/aromatic N) is 2. The molecular weight excluding hydrogens is 479 g/mol. The lowest BCUT2D eigenvalue weighted by Crippen LogP contribution is -2.44. The van der Waals surface area contributed by atoms with E-state index in [-0.39, 0.29) is 49.6 Å². The standard InChI is InChI=1S/C27H23FN4O5/c28-15-11-21(26(34)30-23-10-9-22-25(29-23)31-24(33)14-36-22)32(12-15)27(35)37-13-20-18-7-3-1-5-16(18)17-6-2-4-8-19(17)20/h1-10,15,20-21H,11-14H2,(H2,29,30,31,33,34)/t15-,21-/m1/s1. The van der Waals surface area contributed by atoms with Gasteiger partial charge < -0.3 is 20.1 Å². The summed E-state index contributed by atoms with van der Waals surface area (Å²) in [4.78, 5) is 42.9. The van der Waals surface area contributed by atoms with E-state index in [2.05, 4.69) is 15.6 Å². The Bertz CT molecular complexity index is 1370. The van der Waals surface area contributed by atoms with Crippen molar-refractivity contribution < 1.29 is 28.2 Å². The summed E-state index contributed by atoms with van der Waals surface area (Å²) in [6, 6.07) is 17.9. The third-order valence-corrected chi connectivity index (χ3v) is 6.85. The van der Waals surface area contributed by atoms with Crippen molar-refractivity contribution in [3.05, 3.63) is 71.8 Å². The molecule has 0 spiro atoms. The van der Waals surface area contributed by atoms with E-state index in [0.29, 0.717) is 5.75 Å². The molecule has 2 aliphatic heterocycles. The molecule has 3 amide bonds. The van der Waals surface area contributed by atoms with Crippen LogP contribution in [0.1, 0.15) is 23.5 Å². The van der Waals surface area contributed by atoms with Gasteiger partial charge in [0.05, 0.1) is 6.54 Å². The van der Waals surface area contributed by atoms with Crippen LogP contribution in [-0.4, -0.2) is 59.8 Å². The van der Waals surface area contributed by atoms with Crippen LogP contribution in [0.15, 0.2) is 60.7 Å². The molecule has 188 valence electrons. The minimum atomic E-state index is -1.36. The third-order valence-electron chi connectivity index (χ3n) is 6.85. The molecule has 9 nitrogen and oxygen atoms in total. The molecule has 1 aliphatic carbocycles. The lowest BCUT2D eigenvalue weighted by Gasteiger charge is -2.24. The van der Waals surface area contributed by atoms with Crippen LogP contribution in [-0.2, 0) is 14.3 Å². The zero-order valence-electron chi connectivity index (χ0n) is 19.6. The highest BCUT2D eigenvalue weighted by atomic mass is 19.1. The van der Waals surface area contributed by atoms with Gasteiger partial charge in [0.15, 0.2) is 18.2 Å². The average Bonchev–Trinajstić information content (AvgIpc) is 3.45. The first kappa shape index (κ1) is 23.0. The van der Waals surface area contributed by atoms with Gasteiger partial charge in [-0.2, -0.15) is 0 Å². The number of aromatic nitrogens is 1. The second-order valence-electron chi connectivity index (χ2n) is 9.17. The van der Waals surface area contributed by atoms with Crippen molar-refractivity contribution in [2.75, 3.05) is 30.4 Å². The van der Waals surface area contributed by atoms with Gasteiger partial charge in [-0.15, -0.1) is 0 Å². The number of halogens is 1. The maximum Gasteiger partial charge on any atom is 0.410 e. The fraction of sp³-hybridized carbons (Fsp3) is 0.259. The van der Waals surface area contributed by atoms with Crippen molar-refractivity contribution in [1.29, 1.82) is 0 Å². The van der Waals surface area contributed by atoms with Crippen LogP contribution in [0.3, 0.4) is 0 Å². The number of carbonyl (C=O) groups is 3. The topological polar surface area (TPSA) is 110 Å². The molecule has 0 saturated carbocycles. The Morgan fingerprint density at radius 1 is 1.08 bits per heavy atom. The van der Waals surface area contributed by atoms with Gasteiger partial charge in [-0.3, -0.25) is 14.5 Å². The van der Waals surface area contributed by atoms with E-state index in [1.165, 1.54) is 6.07 Å². The molecule has 0 radical (unpaired) electrons. The highest BCUT2D eigenvalue weighted by Gasteiger charge is 2.41. The molecule has 1 fully saturated rings. The summed E-state index contributed by atoms with van der Waals surface area (Å²) in [5.41, 5.74) is 4.32. The number of amides is 3. The van der Waals surface area contributed by atoms with Crippen molar-refractivity contribution >= 4 is 29.5 Å². The number of hydrogen-bond acceptors (Lipinski definition) is 6. The Balaban J connectivity index is 1.15. The molecule has 3 aromatic rings. The Labute approximate surface area is 211 Å². The molecule has 6 rings (SSSR count). The van der Waals surface area contributed by atoms with Gasteiger partial charge in [-0.1, -0.05) is 48.5 Å². The van der Waals surface area contributed by atoms with Crippen LogP contribution in [0.25, 0.3) is 11.1 Å². The zero-order valence-corrected chi connectivity index (χ0v) is 19.6. The Morgan fingerprint density at radius 3 is 2.51 bits per heavy atom. The van der Waals surface area contributed by atoms with Gasteiger partial charge >= 0.3 is 6.09 Å². The van der Waals surface area contributed by atoms with Crippen LogP contribution in [0.4, 0.5) is 20.8 Å². The van der Waals surface area contributed by atoms with E-state index < -0.39 is 24.2 Å². The number of anilines is 2. The summed E-state index contributed by atoms with van der Waals surface area (Å²) in [5, 5.41) is 5.17. The number of ether oxygens (including phenoxy) is 2. The molecule has 1 aromatic heterocycles. The summed E-state index contributed by atoms with van der Waals surface area (Å²) < 4.78 is 25.3. The highest BCUT2D eigenvalue weighted by molar-refractivity contribution is 5.98. The first-order valence-corrected chi connectivity index (χ1v) is 12.0. The van der Waals surface area contributed by atoms with Gasteiger partial charge in [0.2, 0.25) is 5.91 Å². The minimum absolute atomic E-state index is 0.0702. The van der Waals surface area contributed by atoms with Gasteiger partial charge in [0.25, 0.3) is 5.91 Å². The van der Waals surface area contributed by atoms with Crippen molar-refractivity contribution in [3.8, 4) is 16.9 Å². The van der Waals surface area contributed by atoms with E-state index in [1.807, 2.05) is 48.5 Å². The molecule has 37 heavy (non-hydrogen) atoms. The maximum atomic E-state index is 14.4. The van der Waals surface area contributed by atoms with Crippen LogP contribution in [0, 0.1) is 0 Å². The molecule has 3 aliphatic rings. The van der Waals surface area contributed by atoms with Gasteiger partial charge in [-0.05, 0) is 34.4 Å². The molecule has 2 aromatic carbocycles. The number of carbonyl (C=O) groups excluding carboxylic acids is 3. The Hall–Kier alpha value is -4.47. The molecule has 2 atom stereocenters. The number of nitrogens with one attached hydrogen (secondary N) is 2. The van der Waals surface area contributed by atoms with E-state index in [0.717, 1.165) is 27.2 Å². The quantitative estimate of drug-likeness (QED) is 0.563. The first-order valence-electron chi connectivity index (χ1n) is 12.0. The SMILES string of the molecule is O=C1COc2ccc(NC(=O)[C@H]3C[C@@H](F)CN3C(=O)OCC3c4ccccc4-c4ccccc43)nc2N1. The van der Waals surface area contributed by atoms with Crippen LogP contribution in [0.5, 0.6) is 5.75 Å². The highest BCUT2D eigenvalue weighted by Crippen LogP contribution is 2.44. The number of benzene rings is 2. The Morgan fingerprint density at radius 2 is 1.78 bits per heavy atom. The lowest BCUT2D eigenvalue weighted by molar-refractivity contribution is -0.120. The predicted octanol–water partition coefficient (Wildman–Crippen LogP) is 3.71. The monoisotopic (exact) mass is 502 g/mol.